The number of nitrogens with one attached hydrogen (secondary N) is 2. The van der Waals surface area contributed by atoms with Gasteiger partial charge in [0.2, 0.25) is 11.6 Å². The minimum Gasteiger partial charge on any atom is -0.495 e. The molecule has 1 aliphatic rings. The third kappa shape index (κ3) is 4.19. The van der Waals surface area contributed by atoms with E-state index in [1.165, 1.54) is 19.2 Å². The number of aromatic nitrogens is 2. The molecule has 0 saturated heterocycles. The normalized spacial score (nSPS) is 15.1. The number of benzene rings is 1. The second kappa shape index (κ2) is 8.46. The smallest absolute Gasteiger partial charge is 0.353 e. The summed E-state index contributed by atoms with van der Waals surface area (Å²) in [6, 6.07) is 7.41. The van der Waals surface area contributed by atoms with E-state index >= 15 is 0 Å². The molecule has 8 nitrogen and oxygen atoms in total. The van der Waals surface area contributed by atoms with E-state index in [9.17, 15) is 10.1 Å². The Morgan fingerprint density at radius 3 is 2.50 bits per heavy atom. The van der Waals surface area contributed by atoms with Crippen LogP contribution in [0.2, 0.25) is 0 Å². The molecule has 2 N–H and O–H groups in total. The number of nitro groups is 1. The summed E-state index contributed by atoms with van der Waals surface area (Å²) in [7, 11) is 1.55. The van der Waals surface area contributed by atoms with E-state index in [2.05, 4.69) is 20.6 Å². The van der Waals surface area contributed by atoms with Crippen LogP contribution in [0.5, 0.6) is 5.75 Å². The van der Waals surface area contributed by atoms with Crippen molar-refractivity contribution in [1.82, 2.24) is 9.97 Å². The Bertz CT molecular complexity index is 760. The molecular formula is C18H23N5O3. The Kier molecular flexibility index (Phi) is 5.83. The first-order chi connectivity index (χ1) is 12.7. The predicted octanol–water partition coefficient (Wildman–Crippen LogP) is 4.27. The summed E-state index contributed by atoms with van der Waals surface area (Å²) in [5.74, 6) is 0.985. The van der Waals surface area contributed by atoms with Crippen molar-refractivity contribution in [2.24, 2.45) is 0 Å². The van der Waals surface area contributed by atoms with Gasteiger partial charge in [0.1, 0.15) is 12.1 Å². The lowest BCUT2D eigenvalue weighted by atomic mass is 10.1. The summed E-state index contributed by atoms with van der Waals surface area (Å²) >= 11 is 0. The monoisotopic (exact) mass is 357 g/mol. The summed E-state index contributed by atoms with van der Waals surface area (Å²) in [6.07, 6.45) is 8.01. The fourth-order valence-corrected chi connectivity index (χ4v) is 3.24. The minimum atomic E-state index is -0.448. The lowest BCUT2D eigenvalue weighted by molar-refractivity contribution is -0.383. The molecule has 1 aromatic carbocycles. The molecule has 1 heterocycles. The van der Waals surface area contributed by atoms with Crippen molar-refractivity contribution in [3.63, 3.8) is 0 Å². The molecule has 1 saturated carbocycles. The summed E-state index contributed by atoms with van der Waals surface area (Å²) in [4.78, 5) is 19.5. The maximum absolute atomic E-state index is 11.7. The van der Waals surface area contributed by atoms with E-state index in [-0.39, 0.29) is 23.4 Å². The van der Waals surface area contributed by atoms with E-state index < -0.39 is 4.92 Å². The fraction of sp³-hybridized carbons (Fsp3) is 0.444. The quantitative estimate of drug-likeness (QED) is 0.452. The third-order valence-electron chi connectivity index (χ3n) is 4.56. The Morgan fingerprint density at radius 2 is 1.81 bits per heavy atom. The van der Waals surface area contributed by atoms with Crippen LogP contribution in [-0.2, 0) is 0 Å². The van der Waals surface area contributed by atoms with Gasteiger partial charge in [-0.2, -0.15) is 0 Å². The summed E-state index contributed by atoms with van der Waals surface area (Å²) in [6.45, 7) is 0. The largest absolute Gasteiger partial charge is 0.495 e. The standard InChI is InChI=1S/C18H23N5O3/c1-26-15-11-7-6-10-14(15)22-18-16(23(24)25)17(19-12-20-18)21-13-8-4-2-3-5-9-13/h6-7,10-13H,2-5,8-9H2,1H3,(H2,19,20,21,22). The Balaban J connectivity index is 1.89. The summed E-state index contributed by atoms with van der Waals surface area (Å²) < 4.78 is 5.29. The average Bonchev–Trinajstić information content (AvgIpc) is 2.91. The third-order valence-corrected chi connectivity index (χ3v) is 4.56. The first-order valence-corrected chi connectivity index (χ1v) is 8.85. The van der Waals surface area contributed by atoms with Crippen molar-refractivity contribution in [2.75, 3.05) is 17.7 Å². The van der Waals surface area contributed by atoms with Crippen LogP contribution in [0.25, 0.3) is 0 Å². The molecule has 1 aromatic heterocycles. The number of para-hydroxylation sites is 2. The highest BCUT2D eigenvalue weighted by Gasteiger charge is 2.25. The van der Waals surface area contributed by atoms with Gasteiger partial charge in [-0.15, -0.1) is 0 Å². The molecule has 3 rings (SSSR count). The van der Waals surface area contributed by atoms with Crippen LogP contribution in [0, 0.1) is 10.1 Å². The molecule has 1 fully saturated rings. The van der Waals surface area contributed by atoms with Gasteiger partial charge in [0.05, 0.1) is 17.7 Å². The van der Waals surface area contributed by atoms with Gasteiger partial charge >= 0.3 is 5.69 Å². The topological polar surface area (TPSA) is 102 Å². The Morgan fingerprint density at radius 1 is 1.12 bits per heavy atom. The van der Waals surface area contributed by atoms with E-state index in [0.717, 1.165) is 25.7 Å². The number of methoxy groups -OCH3 is 1. The molecular weight excluding hydrogens is 334 g/mol. The number of nitrogens with zero attached hydrogens (tertiary/aromatic N) is 3. The molecule has 0 radical (unpaired) electrons. The van der Waals surface area contributed by atoms with Gasteiger partial charge in [-0.25, -0.2) is 9.97 Å². The van der Waals surface area contributed by atoms with Crippen LogP contribution in [-0.4, -0.2) is 28.0 Å². The molecule has 2 aromatic rings. The zero-order chi connectivity index (χ0) is 18.4. The highest BCUT2D eigenvalue weighted by atomic mass is 16.6. The SMILES string of the molecule is COc1ccccc1Nc1ncnc(NC2CCCCCC2)c1[N+](=O)[O-]. The lowest BCUT2D eigenvalue weighted by Crippen LogP contribution is -2.20. The van der Waals surface area contributed by atoms with Gasteiger partial charge < -0.3 is 15.4 Å². The van der Waals surface area contributed by atoms with Crippen LogP contribution in [0.15, 0.2) is 30.6 Å². The van der Waals surface area contributed by atoms with E-state index in [4.69, 9.17) is 4.74 Å². The van der Waals surface area contributed by atoms with Crippen LogP contribution >= 0.6 is 0 Å². The van der Waals surface area contributed by atoms with Crippen LogP contribution < -0.4 is 15.4 Å². The summed E-state index contributed by atoms with van der Waals surface area (Å²) in [5, 5.41) is 18.0. The fourth-order valence-electron chi connectivity index (χ4n) is 3.24. The van der Waals surface area contributed by atoms with Crippen molar-refractivity contribution in [3.8, 4) is 5.75 Å². The lowest BCUT2D eigenvalue weighted by Gasteiger charge is -2.17. The van der Waals surface area contributed by atoms with Gasteiger partial charge in [-0.3, -0.25) is 10.1 Å². The number of hydrogen-bond donors (Lipinski definition) is 2. The first-order valence-electron chi connectivity index (χ1n) is 8.85. The molecule has 138 valence electrons. The maximum atomic E-state index is 11.7. The van der Waals surface area contributed by atoms with Crippen molar-refractivity contribution in [3.05, 3.63) is 40.7 Å². The second-order valence-corrected chi connectivity index (χ2v) is 6.33. The van der Waals surface area contributed by atoms with Crippen LogP contribution in [0.3, 0.4) is 0 Å². The van der Waals surface area contributed by atoms with Gasteiger partial charge in [0.15, 0.2) is 0 Å². The molecule has 0 unspecified atom stereocenters. The zero-order valence-electron chi connectivity index (χ0n) is 14.8. The Hall–Kier alpha value is -2.90. The molecule has 1 aliphatic carbocycles. The van der Waals surface area contributed by atoms with Gasteiger partial charge in [-0.05, 0) is 25.0 Å². The van der Waals surface area contributed by atoms with E-state index in [1.807, 2.05) is 12.1 Å². The van der Waals surface area contributed by atoms with Crippen molar-refractivity contribution >= 4 is 23.0 Å². The molecule has 0 aliphatic heterocycles. The number of hydrogen-bond acceptors (Lipinski definition) is 7. The van der Waals surface area contributed by atoms with Gasteiger partial charge in [0.25, 0.3) is 0 Å². The second-order valence-electron chi connectivity index (χ2n) is 6.33. The van der Waals surface area contributed by atoms with E-state index in [0.29, 0.717) is 11.4 Å². The molecule has 0 bridgehead atoms. The summed E-state index contributed by atoms with van der Waals surface area (Å²) in [5.41, 5.74) is 0.458. The Labute approximate surface area is 152 Å². The van der Waals surface area contributed by atoms with Crippen molar-refractivity contribution < 1.29 is 9.66 Å². The maximum Gasteiger partial charge on any atom is 0.353 e. The molecule has 0 spiro atoms. The average molecular weight is 357 g/mol. The van der Waals surface area contributed by atoms with Crippen LogP contribution in [0.1, 0.15) is 38.5 Å². The minimum absolute atomic E-state index is 0.144. The highest BCUT2D eigenvalue weighted by molar-refractivity contribution is 5.75. The molecule has 26 heavy (non-hydrogen) atoms. The number of rotatable bonds is 6. The van der Waals surface area contributed by atoms with Gasteiger partial charge in [0, 0.05) is 6.04 Å². The molecule has 0 amide bonds. The first kappa shape index (κ1) is 17.9. The molecule has 0 atom stereocenters. The molecule has 8 heteroatoms. The predicted molar refractivity (Wildman–Crippen MR) is 100 cm³/mol. The highest BCUT2D eigenvalue weighted by Crippen LogP contribution is 2.35. The van der Waals surface area contributed by atoms with Crippen molar-refractivity contribution in [1.29, 1.82) is 0 Å². The number of ether oxygens (including phenoxy) is 1. The van der Waals surface area contributed by atoms with Crippen molar-refractivity contribution in [2.45, 2.75) is 44.6 Å². The van der Waals surface area contributed by atoms with Gasteiger partial charge in [-0.1, -0.05) is 37.8 Å². The number of anilines is 3. The zero-order valence-corrected chi connectivity index (χ0v) is 14.8. The van der Waals surface area contributed by atoms with E-state index in [1.54, 1.807) is 19.2 Å². The van der Waals surface area contributed by atoms with Crippen LogP contribution in [0.4, 0.5) is 23.0 Å².